The molecule has 0 unspecified atom stereocenters. The van der Waals surface area contributed by atoms with Crippen LogP contribution in [0, 0.1) is 0 Å². The summed E-state index contributed by atoms with van der Waals surface area (Å²) in [5.74, 6) is 1.06. The van der Waals surface area contributed by atoms with Crippen molar-refractivity contribution in [3.05, 3.63) is 155 Å². The van der Waals surface area contributed by atoms with E-state index in [1.807, 2.05) is 85.0 Å². The van der Waals surface area contributed by atoms with Gasteiger partial charge >= 0.3 is 0 Å². The highest BCUT2D eigenvalue weighted by molar-refractivity contribution is 6.39. The molecule has 0 aromatic heterocycles. The van der Waals surface area contributed by atoms with Crippen LogP contribution in [0.1, 0.15) is 31.8 Å². The summed E-state index contributed by atoms with van der Waals surface area (Å²) >= 11 is 0. The van der Waals surface area contributed by atoms with Crippen LogP contribution in [0.15, 0.2) is 133 Å². The van der Waals surface area contributed by atoms with E-state index in [0.29, 0.717) is 11.1 Å². The molecule has 1 aliphatic carbocycles. The molecule has 0 amide bonds. The first kappa shape index (κ1) is 20.4. The van der Waals surface area contributed by atoms with Gasteiger partial charge in [-0.3, -0.25) is 9.59 Å². The van der Waals surface area contributed by atoms with Crippen molar-refractivity contribution in [1.29, 1.82) is 0 Å². The Morgan fingerprint density at radius 3 is 1.52 bits per heavy atom. The summed E-state index contributed by atoms with van der Waals surface area (Å²) in [6.07, 6.45) is 11.0. The molecule has 3 nitrogen and oxygen atoms in total. The van der Waals surface area contributed by atoms with E-state index in [2.05, 4.69) is 0 Å². The first-order chi connectivity index (χ1) is 16.2. The molecule has 0 saturated heterocycles. The molecule has 3 heteroatoms. The highest BCUT2D eigenvalue weighted by Gasteiger charge is 2.31. The molecule has 1 heterocycles. The van der Waals surface area contributed by atoms with Crippen LogP contribution in [-0.2, 0) is 4.74 Å². The Balaban J connectivity index is 1.45. The van der Waals surface area contributed by atoms with Gasteiger partial charge in [0.25, 0.3) is 0 Å². The van der Waals surface area contributed by atoms with Crippen LogP contribution in [0.3, 0.4) is 0 Å². The molecule has 3 aromatic rings. The van der Waals surface area contributed by atoms with Gasteiger partial charge in [0.15, 0.2) is 11.6 Å². The molecule has 0 spiro atoms. The third kappa shape index (κ3) is 4.17. The van der Waals surface area contributed by atoms with E-state index < -0.39 is 0 Å². The molecular formula is C30H20O3. The van der Waals surface area contributed by atoms with Crippen LogP contribution in [0.25, 0.3) is 11.5 Å². The van der Waals surface area contributed by atoms with Crippen molar-refractivity contribution in [2.45, 2.75) is 0 Å². The monoisotopic (exact) mass is 428 g/mol. The third-order valence-corrected chi connectivity index (χ3v) is 5.50. The number of ether oxygens (including phenoxy) is 1. The Morgan fingerprint density at radius 2 is 1.00 bits per heavy atom. The van der Waals surface area contributed by atoms with Gasteiger partial charge in [0.05, 0.1) is 5.57 Å². The molecule has 3 aromatic carbocycles. The first-order valence-electron chi connectivity index (χ1n) is 10.7. The summed E-state index contributed by atoms with van der Waals surface area (Å²) in [5.41, 5.74) is 4.04. The molecule has 5 rings (SSSR count). The SMILES string of the molecule is O=C1C(=C/C=C/C=C2C=C(c3ccccc3)OC(c3ccccc3)=C2)C(=O)c2ccccc21. The lowest BCUT2D eigenvalue weighted by Crippen LogP contribution is -2.00. The van der Waals surface area contributed by atoms with Gasteiger partial charge in [-0.2, -0.15) is 0 Å². The second kappa shape index (κ2) is 8.93. The third-order valence-electron chi connectivity index (χ3n) is 5.50. The average Bonchev–Trinajstić information content (AvgIpc) is 3.12. The fraction of sp³-hybridized carbons (Fsp3) is 0. The lowest BCUT2D eigenvalue weighted by molar-refractivity contribution is 0.0989. The largest absolute Gasteiger partial charge is 0.456 e. The summed E-state index contributed by atoms with van der Waals surface area (Å²) in [6.45, 7) is 0. The topological polar surface area (TPSA) is 43.4 Å². The summed E-state index contributed by atoms with van der Waals surface area (Å²) in [6, 6.07) is 26.8. The molecule has 0 N–H and O–H groups in total. The van der Waals surface area contributed by atoms with Crippen LogP contribution < -0.4 is 0 Å². The van der Waals surface area contributed by atoms with Gasteiger partial charge in [0, 0.05) is 22.3 Å². The quantitative estimate of drug-likeness (QED) is 0.348. The normalized spacial score (nSPS) is 15.2. The van der Waals surface area contributed by atoms with Crippen LogP contribution in [0.2, 0.25) is 0 Å². The molecule has 0 radical (unpaired) electrons. The molecule has 0 saturated carbocycles. The lowest BCUT2D eigenvalue weighted by atomic mass is 10.0. The second-order valence-corrected chi connectivity index (χ2v) is 7.69. The van der Waals surface area contributed by atoms with Crippen molar-refractivity contribution in [3.8, 4) is 0 Å². The molecule has 0 atom stereocenters. The predicted octanol–water partition coefficient (Wildman–Crippen LogP) is 6.59. The molecule has 158 valence electrons. The average molecular weight is 428 g/mol. The zero-order valence-corrected chi connectivity index (χ0v) is 17.8. The van der Waals surface area contributed by atoms with Gasteiger partial charge in [-0.25, -0.2) is 0 Å². The number of carbonyl (C=O) groups is 2. The molecule has 1 aliphatic heterocycles. The molecule has 2 aliphatic rings. The minimum absolute atomic E-state index is 0.193. The van der Waals surface area contributed by atoms with E-state index in [-0.39, 0.29) is 17.1 Å². The molecule has 0 bridgehead atoms. The minimum atomic E-state index is -0.225. The van der Waals surface area contributed by atoms with Gasteiger partial charge in [-0.05, 0) is 23.8 Å². The summed E-state index contributed by atoms with van der Waals surface area (Å²) in [4.78, 5) is 25.1. The Kier molecular flexibility index (Phi) is 5.52. The van der Waals surface area contributed by atoms with Gasteiger partial charge in [-0.15, -0.1) is 0 Å². The fourth-order valence-corrected chi connectivity index (χ4v) is 3.85. The van der Waals surface area contributed by atoms with Crippen molar-refractivity contribution in [3.63, 3.8) is 0 Å². The highest BCUT2D eigenvalue weighted by Crippen LogP contribution is 2.32. The van der Waals surface area contributed by atoms with Crippen LogP contribution in [0.4, 0.5) is 0 Å². The van der Waals surface area contributed by atoms with Gasteiger partial charge in [0.2, 0.25) is 0 Å². The van der Waals surface area contributed by atoms with Gasteiger partial charge in [0.1, 0.15) is 11.5 Å². The predicted molar refractivity (Wildman–Crippen MR) is 130 cm³/mol. The van der Waals surface area contributed by atoms with Crippen LogP contribution >= 0.6 is 0 Å². The Hall–Kier alpha value is -4.50. The first-order valence-corrected chi connectivity index (χ1v) is 10.7. The van der Waals surface area contributed by atoms with Gasteiger partial charge in [-0.1, -0.05) is 103 Å². The van der Waals surface area contributed by atoms with Crippen molar-refractivity contribution in [2.24, 2.45) is 0 Å². The Bertz CT molecular complexity index is 1290. The fourth-order valence-electron chi connectivity index (χ4n) is 3.85. The number of fused-ring (bicyclic) bond motifs is 1. The number of rotatable bonds is 4. The maximum atomic E-state index is 12.5. The second-order valence-electron chi connectivity index (χ2n) is 7.69. The van der Waals surface area contributed by atoms with Crippen LogP contribution in [-0.4, -0.2) is 11.6 Å². The van der Waals surface area contributed by atoms with E-state index in [0.717, 1.165) is 28.2 Å². The van der Waals surface area contributed by atoms with Crippen LogP contribution in [0.5, 0.6) is 0 Å². The number of hydrogen-bond acceptors (Lipinski definition) is 3. The molecular weight excluding hydrogens is 408 g/mol. The maximum Gasteiger partial charge on any atom is 0.197 e. The number of allylic oxidation sites excluding steroid dienone is 8. The van der Waals surface area contributed by atoms with E-state index in [1.54, 1.807) is 36.4 Å². The maximum absolute atomic E-state index is 12.5. The summed E-state index contributed by atoms with van der Waals surface area (Å²) in [5, 5.41) is 0. The van der Waals surface area contributed by atoms with Crippen molar-refractivity contribution < 1.29 is 14.3 Å². The van der Waals surface area contributed by atoms with E-state index in [4.69, 9.17) is 4.74 Å². The minimum Gasteiger partial charge on any atom is -0.456 e. The molecule has 0 fully saturated rings. The van der Waals surface area contributed by atoms with Crippen molar-refractivity contribution in [2.75, 3.05) is 0 Å². The lowest BCUT2D eigenvalue weighted by Gasteiger charge is -2.18. The van der Waals surface area contributed by atoms with E-state index >= 15 is 0 Å². The summed E-state index contributed by atoms with van der Waals surface area (Å²) < 4.78 is 6.20. The van der Waals surface area contributed by atoms with Crippen molar-refractivity contribution in [1.82, 2.24) is 0 Å². The summed E-state index contributed by atoms with van der Waals surface area (Å²) in [7, 11) is 0. The smallest absolute Gasteiger partial charge is 0.197 e. The number of Topliss-reactive ketones (excluding diaryl/α,β-unsaturated/α-hetero) is 2. The zero-order valence-electron chi connectivity index (χ0n) is 17.8. The standard InChI is InChI=1S/C30H20O3/c31-29-24-16-9-10-17-25(24)30(32)26(29)18-8-7-11-21-19-27(22-12-3-1-4-13-22)33-28(20-21)23-14-5-2-6-15-23/h1-20H/b8-7+. The van der Waals surface area contributed by atoms with E-state index in [1.165, 1.54) is 0 Å². The number of carbonyl (C=O) groups excluding carboxylic acids is 2. The molecule has 33 heavy (non-hydrogen) atoms. The van der Waals surface area contributed by atoms with E-state index in [9.17, 15) is 9.59 Å². The number of benzene rings is 3. The zero-order chi connectivity index (χ0) is 22.6. The Morgan fingerprint density at radius 1 is 0.545 bits per heavy atom. The number of ketones is 2. The van der Waals surface area contributed by atoms with Crippen molar-refractivity contribution >= 4 is 23.1 Å². The highest BCUT2D eigenvalue weighted by atomic mass is 16.5. The number of hydrogen-bond donors (Lipinski definition) is 0. The Labute approximate surface area is 192 Å². The van der Waals surface area contributed by atoms with Gasteiger partial charge < -0.3 is 4.74 Å².